The van der Waals surface area contributed by atoms with Gasteiger partial charge in [0, 0.05) is 18.0 Å². The van der Waals surface area contributed by atoms with Crippen molar-refractivity contribution >= 4 is 11.8 Å². The van der Waals surface area contributed by atoms with Gasteiger partial charge in [-0.15, -0.1) is 0 Å². The Bertz CT molecular complexity index is 802. The van der Waals surface area contributed by atoms with Crippen LogP contribution in [0.1, 0.15) is 29.9 Å². The fourth-order valence-corrected chi connectivity index (χ4v) is 3.24. The van der Waals surface area contributed by atoms with Crippen LogP contribution in [0.15, 0.2) is 54.6 Å². The Morgan fingerprint density at radius 2 is 1.77 bits per heavy atom. The van der Waals surface area contributed by atoms with E-state index in [0.29, 0.717) is 13.0 Å². The van der Waals surface area contributed by atoms with Crippen molar-refractivity contribution in [3.63, 3.8) is 0 Å². The summed E-state index contributed by atoms with van der Waals surface area (Å²) in [5.74, 6) is 0.0895. The molecule has 0 aromatic heterocycles. The van der Waals surface area contributed by atoms with Crippen LogP contribution >= 0.6 is 0 Å². The highest BCUT2D eigenvalue weighted by molar-refractivity contribution is 5.91. The van der Waals surface area contributed by atoms with Gasteiger partial charge in [-0.3, -0.25) is 9.59 Å². The van der Waals surface area contributed by atoms with Crippen LogP contribution in [0.5, 0.6) is 5.75 Å². The summed E-state index contributed by atoms with van der Waals surface area (Å²) in [5.41, 5.74) is 1.90. The lowest BCUT2D eigenvalue weighted by molar-refractivity contribution is -0.129. The van der Waals surface area contributed by atoms with E-state index in [1.807, 2.05) is 54.6 Å². The Hall–Kier alpha value is -2.82. The van der Waals surface area contributed by atoms with Gasteiger partial charge in [0.25, 0.3) is 0 Å². The van der Waals surface area contributed by atoms with Crippen LogP contribution in [0, 0.1) is 0 Å². The Balaban J connectivity index is 1.48. The van der Waals surface area contributed by atoms with Crippen LogP contribution in [-0.4, -0.2) is 30.5 Å². The average molecular weight is 350 g/mol. The molecule has 2 aromatic carbocycles. The van der Waals surface area contributed by atoms with Crippen molar-refractivity contribution in [2.24, 2.45) is 0 Å². The number of para-hydroxylation sites is 1. The normalized spacial score (nSPS) is 19.2. The Kier molecular flexibility index (Phi) is 4.61. The third-order valence-corrected chi connectivity index (χ3v) is 4.86. The van der Waals surface area contributed by atoms with Crippen LogP contribution in [-0.2, 0) is 16.0 Å². The topological polar surface area (TPSA) is 67.4 Å². The van der Waals surface area contributed by atoms with Crippen LogP contribution in [0.25, 0.3) is 0 Å². The van der Waals surface area contributed by atoms with Crippen molar-refractivity contribution in [2.75, 3.05) is 6.61 Å². The molecular weight excluding hydrogens is 328 g/mol. The maximum atomic E-state index is 12.8. The number of fused-ring (bicyclic) bond motifs is 1. The molecule has 2 aromatic rings. The molecule has 26 heavy (non-hydrogen) atoms. The fraction of sp³-hybridized carbons (Fsp3) is 0.333. The number of carbonyl (C=O) groups excluding carboxylic acids is 2. The molecule has 1 aliphatic carbocycles. The van der Waals surface area contributed by atoms with Crippen LogP contribution in [0.3, 0.4) is 0 Å². The second-order valence-corrected chi connectivity index (χ2v) is 6.94. The summed E-state index contributed by atoms with van der Waals surface area (Å²) >= 11 is 0. The highest BCUT2D eigenvalue weighted by Crippen LogP contribution is 2.33. The Morgan fingerprint density at radius 1 is 1.04 bits per heavy atom. The molecule has 0 saturated heterocycles. The number of amides is 2. The molecule has 5 nitrogen and oxygen atoms in total. The number of hydrogen-bond donors (Lipinski definition) is 2. The minimum atomic E-state index is -0.585. The zero-order valence-corrected chi connectivity index (χ0v) is 14.5. The minimum absolute atomic E-state index is 0.114. The monoisotopic (exact) mass is 350 g/mol. The number of ether oxygens (including phenoxy) is 1. The number of rotatable bonds is 6. The summed E-state index contributed by atoms with van der Waals surface area (Å²) in [5, 5.41) is 5.95. The highest BCUT2D eigenvalue weighted by Gasteiger charge is 2.34. The van der Waals surface area contributed by atoms with Crippen molar-refractivity contribution in [2.45, 2.75) is 37.3 Å². The summed E-state index contributed by atoms with van der Waals surface area (Å²) in [6, 6.07) is 17.0. The molecule has 2 unspecified atom stereocenters. The molecular formula is C21H22N2O3. The van der Waals surface area contributed by atoms with Gasteiger partial charge in [0.15, 0.2) is 0 Å². The first kappa shape index (κ1) is 16.6. The SMILES string of the molecule is O=C(NC1CC1)C(Cc1ccccc1)NC(=O)C1COc2ccccc21. The van der Waals surface area contributed by atoms with E-state index in [1.165, 1.54) is 0 Å². The average Bonchev–Trinajstić information content (AvgIpc) is 3.37. The third-order valence-electron chi connectivity index (χ3n) is 4.86. The predicted molar refractivity (Wildman–Crippen MR) is 97.9 cm³/mol. The first-order chi connectivity index (χ1) is 12.7. The van der Waals surface area contributed by atoms with Gasteiger partial charge in [-0.05, 0) is 24.5 Å². The molecule has 0 radical (unpaired) electrons. The molecule has 1 fully saturated rings. The van der Waals surface area contributed by atoms with Gasteiger partial charge < -0.3 is 15.4 Å². The first-order valence-electron chi connectivity index (χ1n) is 9.07. The molecule has 1 aliphatic heterocycles. The Morgan fingerprint density at radius 3 is 2.54 bits per heavy atom. The van der Waals surface area contributed by atoms with Crippen molar-refractivity contribution in [3.05, 3.63) is 65.7 Å². The standard InChI is InChI=1S/C21H22N2O3/c24-20(17-13-26-19-9-5-4-8-16(17)19)23-18(21(25)22-15-10-11-15)12-14-6-2-1-3-7-14/h1-9,15,17-18H,10-13H2,(H,22,25)(H,23,24). The molecule has 2 N–H and O–H groups in total. The molecule has 4 rings (SSSR count). The fourth-order valence-electron chi connectivity index (χ4n) is 3.24. The van der Waals surface area contributed by atoms with E-state index in [0.717, 1.165) is 29.7 Å². The molecule has 5 heteroatoms. The van der Waals surface area contributed by atoms with E-state index >= 15 is 0 Å². The predicted octanol–water partition coefficient (Wildman–Crippen LogP) is 2.17. The van der Waals surface area contributed by atoms with Crippen molar-refractivity contribution in [3.8, 4) is 5.75 Å². The highest BCUT2D eigenvalue weighted by atomic mass is 16.5. The van der Waals surface area contributed by atoms with Gasteiger partial charge in [0.2, 0.25) is 11.8 Å². The number of carbonyl (C=O) groups is 2. The van der Waals surface area contributed by atoms with Crippen molar-refractivity contribution in [1.29, 1.82) is 0 Å². The van der Waals surface area contributed by atoms with E-state index in [2.05, 4.69) is 10.6 Å². The Labute approximate surface area is 152 Å². The van der Waals surface area contributed by atoms with Gasteiger partial charge in [-0.25, -0.2) is 0 Å². The van der Waals surface area contributed by atoms with Crippen LogP contribution in [0.2, 0.25) is 0 Å². The van der Waals surface area contributed by atoms with Gasteiger partial charge in [0.1, 0.15) is 24.3 Å². The van der Waals surface area contributed by atoms with E-state index in [9.17, 15) is 9.59 Å². The second-order valence-electron chi connectivity index (χ2n) is 6.94. The van der Waals surface area contributed by atoms with Gasteiger partial charge in [-0.1, -0.05) is 48.5 Å². The van der Waals surface area contributed by atoms with Crippen LogP contribution < -0.4 is 15.4 Å². The lowest BCUT2D eigenvalue weighted by Crippen LogP contribution is -2.50. The smallest absolute Gasteiger partial charge is 0.243 e. The largest absolute Gasteiger partial charge is 0.492 e. The molecule has 134 valence electrons. The summed E-state index contributed by atoms with van der Waals surface area (Å²) in [7, 11) is 0. The number of hydrogen-bond acceptors (Lipinski definition) is 3. The van der Waals surface area contributed by atoms with E-state index in [-0.39, 0.29) is 23.8 Å². The summed E-state index contributed by atoms with van der Waals surface area (Å²) in [6.07, 6.45) is 2.50. The number of benzene rings is 2. The molecule has 0 spiro atoms. The lowest BCUT2D eigenvalue weighted by Gasteiger charge is -2.20. The molecule has 2 aliphatic rings. The summed E-state index contributed by atoms with van der Waals surface area (Å²) in [6.45, 7) is 0.313. The van der Waals surface area contributed by atoms with Crippen molar-refractivity contribution < 1.29 is 14.3 Å². The maximum absolute atomic E-state index is 12.8. The molecule has 1 heterocycles. The van der Waals surface area contributed by atoms with Gasteiger partial charge in [0.05, 0.1) is 0 Å². The third kappa shape index (κ3) is 3.72. The molecule has 2 amide bonds. The zero-order chi connectivity index (χ0) is 17.9. The molecule has 0 bridgehead atoms. The number of nitrogens with one attached hydrogen (secondary N) is 2. The summed E-state index contributed by atoms with van der Waals surface area (Å²) < 4.78 is 5.61. The van der Waals surface area contributed by atoms with E-state index in [1.54, 1.807) is 0 Å². The van der Waals surface area contributed by atoms with Crippen molar-refractivity contribution in [1.82, 2.24) is 10.6 Å². The quantitative estimate of drug-likeness (QED) is 0.839. The van der Waals surface area contributed by atoms with E-state index < -0.39 is 6.04 Å². The van der Waals surface area contributed by atoms with Gasteiger partial charge >= 0.3 is 0 Å². The summed E-state index contributed by atoms with van der Waals surface area (Å²) in [4.78, 5) is 25.5. The van der Waals surface area contributed by atoms with Crippen LogP contribution in [0.4, 0.5) is 0 Å². The zero-order valence-electron chi connectivity index (χ0n) is 14.5. The van der Waals surface area contributed by atoms with E-state index in [4.69, 9.17) is 4.74 Å². The first-order valence-corrected chi connectivity index (χ1v) is 9.07. The second kappa shape index (κ2) is 7.20. The molecule has 2 atom stereocenters. The molecule has 1 saturated carbocycles. The minimum Gasteiger partial charge on any atom is -0.492 e. The lowest BCUT2D eigenvalue weighted by atomic mass is 9.99. The van der Waals surface area contributed by atoms with Gasteiger partial charge in [-0.2, -0.15) is 0 Å². The maximum Gasteiger partial charge on any atom is 0.243 e.